The van der Waals surface area contributed by atoms with Crippen LogP contribution in [0.5, 0.6) is 5.75 Å². The number of nitrogens with one attached hydrogen (secondary N) is 5. The molecule has 7 aromatic heterocycles. The minimum absolute atomic E-state index is 0.0170. The van der Waals surface area contributed by atoms with Crippen LogP contribution in [-0.4, -0.2) is 228 Å². The van der Waals surface area contributed by atoms with Gasteiger partial charge < -0.3 is 85.0 Å². The molecule has 3 fully saturated rings. The largest absolute Gasteiger partial charge is 0.506 e. The number of amides is 5. The number of esters is 2. The monoisotopic (exact) mass is 1510 g/mol. The van der Waals surface area contributed by atoms with Gasteiger partial charge in [-0.25, -0.2) is 39.5 Å². The zero-order valence-corrected chi connectivity index (χ0v) is 60.5. The summed E-state index contributed by atoms with van der Waals surface area (Å²) in [6.07, 6.45) is -5.96. The van der Waals surface area contributed by atoms with Gasteiger partial charge in [-0.15, -0.1) is 56.7 Å². The van der Waals surface area contributed by atoms with Crippen LogP contribution < -0.4 is 26.6 Å². The minimum Gasteiger partial charge on any atom is -0.506 e. The number of rotatable bonds is 10. The molecule has 6 aliphatic rings. The van der Waals surface area contributed by atoms with Gasteiger partial charge in [-0.2, -0.15) is 4.73 Å². The molecule has 37 heteroatoms. The van der Waals surface area contributed by atoms with E-state index >= 15 is 19.2 Å². The molecule has 103 heavy (non-hydrogen) atoms. The fourth-order valence-corrected chi connectivity index (χ4v) is 17.6. The first-order valence-corrected chi connectivity index (χ1v) is 37.2. The lowest BCUT2D eigenvalue weighted by molar-refractivity contribution is -0.268. The number of aliphatic hydroxyl groups is 1. The third-order valence-electron chi connectivity index (χ3n) is 18.8. The number of hydrogen-bond acceptors (Lipinski definition) is 31. The average Bonchev–Trinajstić information content (AvgIpc) is 1.66. The van der Waals surface area contributed by atoms with Crippen LogP contribution in [0.2, 0.25) is 0 Å². The molecular formula is C66H71N15O17S5. The molecule has 32 nitrogen and oxygen atoms in total. The second kappa shape index (κ2) is 29.4. The molecule has 8 aromatic rings. The first kappa shape index (κ1) is 71.2. The van der Waals surface area contributed by atoms with Crippen molar-refractivity contribution in [3.8, 4) is 38.4 Å². The molecule has 3 saturated heterocycles. The Morgan fingerprint density at radius 1 is 0.825 bits per heavy atom. The van der Waals surface area contributed by atoms with E-state index in [0.29, 0.717) is 23.3 Å². The number of likely N-dealkylation sites (N-methyl/N-ethyl adjacent to an activating group) is 2. The fraction of sp³-hybridized carbons (Fsp3) is 0.439. The number of hydrogen-bond donors (Lipinski definition) is 8. The highest BCUT2D eigenvalue weighted by molar-refractivity contribution is 7.14. The van der Waals surface area contributed by atoms with Crippen molar-refractivity contribution in [2.45, 2.75) is 114 Å². The molecule has 10 atom stereocenters. The van der Waals surface area contributed by atoms with E-state index in [4.69, 9.17) is 48.1 Å². The lowest BCUT2D eigenvalue weighted by Gasteiger charge is -2.45. The van der Waals surface area contributed by atoms with Crippen molar-refractivity contribution in [3.05, 3.63) is 112 Å². The first-order valence-electron chi connectivity index (χ1n) is 32.8. The summed E-state index contributed by atoms with van der Waals surface area (Å²) in [6.45, 7) is 10.2. The summed E-state index contributed by atoms with van der Waals surface area (Å²) in [6, 6.07) is 1.34. The molecule has 6 aliphatic heterocycles. The SMILES string of the molecule is CO/C(C)=C1/NC(=O)C(C(C)O)NC(=O)c2csc(n2)-c2cc(O)c(-c3nc(C(=O)NCCCN4CCN(C)CC4)cs3)nc2-c2csc(n2)C2COC(=O)c3c4c5c(cccc5n3O)COC(=O)C(OC3CC5(C)OCN(C)C5C(C)O3)C(OC4)C(NC(=O)c3csc1n3)c1nc(cs1)C(=O)N2. The molecule has 13 heterocycles. The predicted molar refractivity (Wildman–Crippen MR) is 373 cm³/mol. The average molecular weight is 1510 g/mol. The molecule has 1 aromatic carbocycles. The van der Waals surface area contributed by atoms with Gasteiger partial charge in [-0.05, 0) is 72.5 Å². The zero-order valence-electron chi connectivity index (χ0n) is 56.4. The Kier molecular flexibility index (Phi) is 20.3. The topological polar surface area (TPSA) is 397 Å². The number of aromatic nitrogens is 7. The number of aromatic hydroxyl groups is 1. The minimum atomic E-state index is -1.83. The Hall–Kier alpha value is -8.83. The normalized spacial score (nSPS) is 25.5. The summed E-state index contributed by atoms with van der Waals surface area (Å²) in [7, 11) is 5.32. The maximum absolute atomic E-state index is 15.3. The lowest BCUT2D eigenvalue weighted by Crippen LogP contribution is -2.58. The van der Waals surface area contributed by atoms with E-state index in [0.717, 1.165) is 89.4 Å². The molecule has 0 radical (unpaired) electrons. The molecule has 5 amide bonds. The summed E-state index contributed by atoms with van der Waals surface area (Å²) in [4.78, 5) is 138. The number of nitrogens with zero attached hydrogens (tertiary/aromatic N) is 10. The van der Waals surface area contributed by atoms with Crippen LogP contribution in [-0.2, 0) is 56.0 Å². The number of benzene rings is 1. The molecule has 10 unspecified atom stereocenters. The molecule has 12 bridgehead atoms. The number of fused-ring (bicyclic) bond motifs is 16. The van der Waals surface area contributed by atoms with Crippen molar-refractivity contribution in [1.82, 2.24) is 75.9 Å². The van der Waals surface area contributed by atoms with E-state index in [2.05, 4.69) is 58.4 Å². The Bertz CT molecular complexity index is 4670. The van der Waals surface area contributed by atoms with E-state index in [-0.39, 0.29) is 118 Å². The Morgan fingerprint density at radius 3 is 2.30 bits per heavy atom. The lowest BCUT2D eigenvalue weighted by atomic mass is 9.86. The molecule has 0 spiro atoms. The summed E-state index contributed by atoms with van der Waals surface area (Å²) >= 11 is 4.84. The van der Waals surface area contributed by atoms with Gasteiger partial charge in [0.15, 0.2) is 18.1 Å². The summed E-state index contributed by atoms with van der Waals surface area (Å²) in [5, 5.41) is 57.5. The smallest absolute Gasteiger partial charge is 0.358 e. The van der Waals surface area contributed by atoms with Gasteiger partial charge in [-0.1, -0.05) is 12.1 Å². The fourth-order valence-electron chi connectivity index (χ4n) is 13.4. The zero-order chi connectivity index (χ0) is 72.3. The number of cyclic esters (lactones) is 2. The Morgan fingerprint density at radius 2 is 1.52 bits per heavy atom. The summed E-state index contributed by atoms with van der Waals surface area (Å²) in [5.41, 5.74) is -1.19. The van der Waals surface area contributed by atoms with Gasteiger partial charge in [0.2, 0.25) is 5.91 Å². The van der Waals surface area contributed by atoms with Crippen molar-refractivity contribution < 1.29 is 82.1 Å². The van der Waals surface area contributed by atoms with Crippen molar-refractivity contribution >= 4 is 115 Å². The molecule has 14 rings (SSSR count). The van der Waals surface area contributed by atoms with E-state index in [9.17, 15) is 29.8 Å². The van der Waals surface area contributed by atoms with Crippen molar-refractivity contribution in [2.75, 3.05) is 73.8 Å². The number of carbonyl (C=O) groups excluding carboxylic acids is 7. The molecule has 8 N–H and O–H groups in total. The van der Waals surface area contributed by atoms with E-state index in [1.807, 2.05) is 25.8 Å². The van der Waals surface area contributed by atoms with Crippen LogP contribution >= 0.6 is 56.7 Å². The standard InChI is InChI=1S/C66H71N15O17S5/c1-29(82)45-58(88)76-46(30(2)92-7)61-72-40(27-101-61)57(87)77-49-51-52(98-43-19-66(4)53(31(3)97-43)79(6)28-96-66)65(90)94-20-32-10-8-11-41-44(32)34(21-93-51)50(81(41)91)64(89)95-22-35(68-55(85)38-26-103-63(49)73-38)60-69-36(23-100-60)47-33(59-70-39(25-99-59)56(86)75-45)18-42(83)48(74-47)62-71-37(24-102-62)54(84)67-12-9-13-80-16-14-78(5)15-17-80/h8,10-11,18,23-27,29,31,35,43,45,49,51-53,82-83,91H,9,12-17,19-22,28H2,1-7H3,(H,67,84)(H,68,85)(H,75,86)(H,76,88)(H,77,87)/b46-30+. The summed E-state index contributed by atoms with van der Waals surface area (Å²) in [5.74, 6) is -6.41. The second-order valence-electron chi connectivity index (χ2n) is 25.8. The van der Waals surface area contributed by atoms with Gasteiger partial charge in [0.05, 0.1) is 49.8 Å². The van der Waals surface area contributed by atoms with Gasteiger partial charge in [0, 0.05) is 82.6 Å². The molecule has 542 valence electrons. The highest BCUT2D eigenvalue weighted by atomic mass is 32.1. The number of allylic oxidation sites excluding steroid dienone is 1. The number of pyridine rings is 1. The highest BCUT2D eigenvalue weighted by Crippen LogP contribution is 2.44. The first-order chi connectivity index (χ1) is 49.5. The maximum Gasteiger partial charge on any atom is 0.358 e. The van der Waals surface area contributed by atoms with Crippen LogP contribution in [0.4, 0.5) is 0 Å². The van der Waals surface area contributed by atoms with Crippen LogP contribution in [0.1, 0.15) is 131 Å². The van der Waals surface area contributed by atoms with Crippen LogP contribution in [0, 0.1) is 0 Å². The highest BCUT2D eigenvalue weighted by Gasteiger charge is 2.54. The molecule has 0 saturated carbocycles. The van der Waals surface area contributed by atoms with Gasteiger partial charge in [0.25, 0.3) is 23.6 Å². The quantitative estimate of drug-likeness (QED) is 0.0391. The molecule has 0 aliphatic carbocycles. The van der Waals surface area contributed by atoms with Crippen molar-refractivity contribution in [1.29, 1.82) is 0 Å². The number of ether oxygens (including phenoxy) is 7. The maximum atomic E-state index is 15.3. The number of methoxy groups -OCH3 is 1. The van der Waals surface area contributed by atoms with E-state index in [1.54, 1.807) is 22.9 Å². The number of carbonyl (C=O) groups is 7. The Labute approximate surface area is 607 Å². The number of aliphatic hydroxyl groups excluding tert-OH is 1. The van der Waals surface area contributed by atoms with Gasteiger partial charge >= 0.3 is 11.9 Å². The summed E-state index contributed by atoms with van der Waals surface area (Å²) < 4.78 is 45.1. The second-order valence-corrected chi connectivity index (χ2v) is 30.2. The third kappa shape index (κ3) is 14.2. The van der Waals surface area contributed by atoms with Crippen LogP contribution in [0.25, 0.3) is 49.3 Å². The number of thiazole rings is 5. The van der Waals surface area contributed by atoms with E-state index < -0.39 is 127 Å². The van der Waals surface area contributed by atoms with Crippen molar-refractivity contribution in [3.63, 3.8) is 0 Å². The van der Waals surface area contributed by atoms with Gasteiger partial charge in [-0.3, -0.25) is 28.9 Å². The third-order valence-corrected chi connectivity index (χ3v) is 23.3. The molecular weight excluding hydrogens is 1440 g/mol. The van der Waals surface area contributed by atoms with Crippen LogP contribution in [0.15, 0.2) is 56.9 Å². The predicted octanol–water partition coefficient (Wildman–Crippen LogP) is 4.90. The van der Waals surface area contributed by atoms with Crippen LogP contribution in [0.3, 0.4) is 0 Å². The van der Waals surface area contributed by atoms with Crippen molar-refractivity contribution in [2.24, 2.45) is 0 Å². The van der Waals surface area contributed by atoms with E-state index in [1.165, 1.54) is 49.2 Å². The number of piperazine rings is 1. The Balaban J connectivity index is 0.896. The van der Waals surface area contributed by atoms with Gasteiger partial charge in [0.1, 0.15) is 120 Å².